The molecule has 0 unspecified atom stereocenters. The highest BCUT2D eigenvalue weighted by Crippen LogP contribution is 2.40. The van der Waals surface area contributed by atoms with E-state index in [0.717, 1.165) is 5.56 Å². The van der Waals surface area contributed by atoms with Crippen LogP contribution in [0.2, 0.25) is 0 Å². The highest BCUT2D eigenvalue weighted by atomic mass is 19.4. The first-order valence-electron chi connectivity index (χ1n) is 15.2. The SMILES string of the molecule is C[C@@H](O[C@@H]1CCN(C(=O)C2CCC(NC(=O)OC(C)(C)C)CC2)C[C@@H]1c1ccccc1)c1cc(C(F)(F)F)cc(C(F)(F)F)c1. The van der Waals surface area contributed by atoms with Gasteiger partial charge in [-0.2, -0.15) is 26.3 Å². The van der Waals surface area contributed by atoms with Crippen molar-refractivity contribution in [3.05, 3.63) is 70.8 Å². The molecule has 0 aromatic heterocycles. The van der Waals surface area contributed by atoms with Crippen molar-refractivity contribution in [3.63, 3.8) is 0 Å². The van der Waals surface area contributed by atoms with Gasteiger partial charge in [0, 0.05) is 31.0 Å². The van der Waals surface area contributed by atoms with Crippen molar-refractivity contribution in [1.29, 1.82) is 0 Å². The van der Waals surface area contributed by atoms with Crippen LogP contribution in [0, 0.1) is 5.92 Å². The molecule has 0 spiro atoms. The largest absolute Gasteiger partial charge is 0.444 e. The van der Waals surface area contributed by atoms with E-state index in [1.807, 2.05) is 30.3 Å². The van der Waals surface area contributed by atoms with Crippen molar-refractivity contribution in [2.45, 2.75) is 102 Å². The second-order valence-corrected chi connectivity index (χ2v) is 12.9. The number of alkyl halides is 6. The van der Waals surface area contributed by atoms with Crippen LogP contribution >= 0.6 is 0 Å². The molecule has 0 radical (unpaired) electrons. The molecule has 2 aromatic rings. The summed E-state index contributed by atoms with van der Waals surface area (Å²) in [5.41, 5.74) is -2.76. The third-order valence-electron chi connectivity index (χ3n) is 8.34. The van der Waals surface area contributed by atoms with Gasteiger partial charge in [-0.1, -0.05) is 30.3 Å². The van der Waals surface area contributed by atoms with E-state index >= 15 is 0 Å². The van der Waals surface area contributed by atoms with E-state index in [1.165, 1.54) is 6.92 Å². The number of amides is 2. The fourth-order valence-electron chi connectivity index (χ4n) is 6.09. The number of nitrogens with one attached hydrogen (secondary N) is 1. The van der Waals surface area contributed by atoms with Crippen LogP contribution in [0.5, 0.6) is 0 Å². The predicted molar refractivity (Wildman–Crippen MR) is 155 cm³/mol. The number of likely N-dealkylation sites (tertiary alicyclic amines) is 1. The van der Waals surface area contributed by atoms with Crippen molar-refractivity contribution < 1.29 is 45.4 Å². The molecular formula is C33H40F6N2O4. The molecule has 2 fully saturated rings. The molecule has 3 atom stereocenters. The zero-order valence-corrected chi connectivity index (χ0v) is 25.8. The molecule has 1 saturated carbocycles. The maximum Gasteiger partial charge on any atom is 0.416 e. The number of halogens is 6. The van der Waals surface area contributed by atoms with Crippen LogP contribution in [-0.2, 0) is 26.6 Å². The predicted octanol–water partition coefficient (Wildman–Crippen LogP) is 8.27. The van der Waals surface area contributed by atoms with E-state index in [9.17, 15) is 35.9 Å². The van der Waals surface area contributed by atoms with E-state index in [1.54, 1.807) is 25.7 Å². The Morgan fingerprint density at radius 3 is 1.98 bits per heavy atom. The quantitative estimate of drug-likeness (QED) is 0.322. The second-order valence-electron chi connectivity index (χ2n) is 12.9. The molecular weight excluding hydrogens is 602 g/mol. The van der Waals surface area contributed by atoms with Gasteiger partial charge in [0.05, 0.1) is 23.3 Å². The molecule has 4 rings (SSSR count). The molecule has 1 aliphatic heterocycles. The van der Waals surface area contributed by atoms with E-state index in [4.69, 9.17) is 9.47 Å². The van der Waals surface area contributed by atoms with Crippen molar-refractivity contribution in [1.82, 2.24) is 10.2 Å². The minimum Gasteiger partial charge on any atom is -0.444 e. The molecule has 1 saturated heterocycles. The van der Waals surface area contributed by atoms with E-state index < -0.39 is 47.4 Å². The summed E-state index contributed by atoms with van der Waals surface area (Å²) in [5.74, 6) is -0.573. The van der Waals surface area contributed by atoms with E-state index in [-0.39, 0.29) is 35.4 Å². The first kappa shape index (κ1) is 34.6. The summed E-state index contributed by atoms with van der Waals surface area (Å²) in [6.07, 6.45) is -9.21. The fourth-order valence-corrected chi connectivity index (χ4v) is 6.09. The molecule has 12 heteroatoms. The molecule has 1 heterocycles. The third kappa shape index (κ3) is 9.37. The summed E-state index contributed by atoms with van der Waals surface area (Å²) in [5, 5.41) is 2.88. The molecule has 248 valence electrons. The summed E-state index contributed by atoms with van der Waals surface area (Å²) in [6.45, 7) is 7.44. The Hall–Kier alpha value is -3.28. The molecule has 2 amide bonds. The molecule has 6 nitrogen and oxygen atoms in total. The Morgan fingerprint density at radius 1 is 0.867 bits per heavy atom. The van der Waals surface area contributed by atoms with Gasteiger partial charge < -0.3 is 19.7 Å². The highest BCUT2D eigenvalue weighted by Gasteiger charge is 2.40. The lowest BCUT2D eigenvalue weighted by Crippen LogP contribution is -2.49. The summed E-state index contributed by atoms with van der Waals surface area (Å²) in [6, 6.07) is 10.7. The van der Waals surface area contributed by atoms with Crippen LogP contribution in [0.25, 0.3) is 0 Å². The van der Waals surface area contributed by atoms with Gasteiger partial charge >= 0.3 is 18.4 Å². The van der Waals surface area contributed by atoms with Crippen LogP contribution in [-0.4, -0.2) is 47.7 Å². The number of hydrogen-bond donors (Lipinski definition) is 1. The Bertz CT molecular complexity index is 1280. The number of nitrogens with zero attached hydrogens (tertiary/aromatic N) is 1. The first-order chi connectivity index (χ1) is 20.9. The van der Waals surface area contributed by atoms with E-state index in [2.05, 4.69) is 5.32 Å². The topological polar surface area (TPSA) is 67.9 Å². The van der Waals surface area contributed by atoms with Gasteiger partial charge in [0.1, 0.15) is 5.60 Å². The number of carbonyl (C=O) groups is 2. The van der Waals surface area contributed by atoms with Gasteiger partial charge in [0.15, 0.2) is 0 Å². The van der Waals surface area contributed by atoms with Crippen LogP contribution in [0.15, 0.2) is 48.5 Å². The van der Waals surface area contributed by atoms with Crippen molar-refractivity contribution in [2.24, 2.45) is 5.92 Å². The van der Waals surface area contributed by atoms with E-state index in [0.29, 0.717) is 57.3 Å². The normalized spacial score (nSPS) is 23.7. The lowest BCUT2D eigenvalue weighted by atomic mass is 9.83. The summed E-state index contributed by atoms with van der Waals surface area (Å²) >= 11 is 0. The average molecular weight is 643 g/mol. The number of ether oxygens (including phenoxy) is 2. The van der Waals surface area contributed by atoms with Crippen LogP contribution in [0.3, 0.4) is 0 Å². The first-order valence-corrected chi connectivity index (χ1v) is 15.2. The smallest absolute Gasteiger partial charge is 0.416 e. The lowest BCUT2D eigenvalue weighted by molar-refractivity contribution is -0.143. The minimum atomic E-state index is -4.96. The van der Waals surface area contributed by atoms with Crippen LogP contribution in [0.4, 0.5) is 31.1 Å². The van der Waals surface area contributed by atoms with Gasteiger partial charge in [0.2, 0.25) is 5.91 Å². The Balaban J connectivity index is 1.45. The van der Waals surface area contributed by atoms with Gasteiger partial charge in [-0.15, -0.1) is 0 Å². The maximum absolute atomic E-state index is 13.6. The molecule has 45 heavy (non-hydrogen) atoms. The standard InChI is InChI=1S/C33H40F6N2O4/c1-20(23-16-24(32(34,35)36)18-25(17-23)33(37,38)39)44-28-14-15-41(19-27(28)21-8-6-5-7-9-21)29(42)22-10-12-26(13-11-22)40-30(43)45-31(2,3)4/h5-9,16-18,20,22,26-28H,10-15,19H2,1-4H3,(H,40,43)/t20-,22?,26?,27-,28-/m1/s1. The molecule has 1 N–H and O–H groups in total. The Morgan fingerprint density at radius 2 is 1.44 bits per heavy atom. The van der Waals surface area contributed by atoms with Gasteiger partial charge in [-0.3, -0.25) is 4.79 Å². The summed E-state index contributed by atoms with van der Waals surface area (Å²) in [4.78, 5) is 27.6. The fraction of sp³-hybridized carbons (Fsp3) is 0.576. The zero-order chi connectivity index (χ0) is 33.2. The molecule has 0 bridgehead atoms. The highest BCUT2D eigenvalue weighted by molar-refractivity contribution is 5.79. The van der Waals surface area contributed by atoms with Crippen LogP contribution in [0.1, 0.15) is 94.1 Å². The van der Waals surface area contributed by atoms with Crippen LogP contribution < -0.4 is 5.32 Å². The molecule has 1 aliphatic carbocycles. The maximum atomic E-state index is 13.6. The number of benzene rings is 2. The van der Waals surface area contributed by atoms with Gasteiger partial charge in [-0.05, 0) is 89.1 Å². The minimum absolute atomic E-state index is 0.00848. The second kappa shape index (κ2) is 13.6. The number of piperidine rings is 1. The monoisotopic (exact) mass is 642 g/mol. The van der Waals surface area contributed by atoms with Crippen molar-refractivity contribution >= 4 is 12.0 Å². The zero-order valence-electron chi connectivity index (χ0n) is 25.8. The number of hydrogen-bond acceptors (Lipinski definition) is 4. The number of carbonyl (C=O) groups excluding carboxylic acids is 2. The Kier molecular flexibility index (Phi) is 10.5. The van der Waals surface area contributed by atoms with Crippen molar-refractivity contribution in [3.8, 4) is 0 Å². The average Bonchev–Trinajstić information content (AvgIpc) is 2.95. The van der Waals surface area contributed by atoms with Gasteiger partial charge in [-0.25, -0.2) is 4.79 Å². The van der Waals surface area contributed by atoms with Gasteiger partial charge in [0.25, 0.3) is 0 Å². The number of alkyl carbamates (subject to hydrolysis) is 1. The number of rotatable bonds is 6. The molecule has 2 aromatic carbocycles. The summed E-state index contributed by atoms with van der Waals surface area (Å²) in [7, 11) is 0. The molecule has 2 aliphatic rings. The summed E-state index contributed by atoms with van der Waals surface area (Å²) < 4.78 is 92.4. The lowest BCUT2D eigenvalue weighted by Gasteiger charge is -2.42. The van der Waals surface area contributed by atoms with Crippen molar-refractivity contribution in [2.75, 3.05) is 13.1 Å². The third-order valence-corrected chi connectivity index (χ3v) is 8.34. The Labute approximate surface area is 259 Å².